The number of para-hydroxylation sites is 1. The van der Waals surface area contributed by atoms with Gasteiger partial charge in [-0.2, -0.15) is 5.10 Å². The third-order valence-corrected chi connectivity index (χ3v) is 4.73. The lowest BCUT2D eigenvalue weighted by atomic mass is 10.2. The van der Waals surface area contributed by atoms with E-state index in [1.807, 2.05) is 0 Å². The van der Waals surface area contributed by atoms with Crippen LogP contribution < -0.4 is 25.0 Å². The first-order chi connectivity index (χ1) is 16.4. The molecule has 0 heterocycles. The van der Waals surface area contributed by atoms with Crippen LogP contribution in [-0.4, -0.2) is 38.2 Å². The van der Waals surface area contributed by atoms with Crippen LogP contribution in [-0.2, 0) is 9.59 Å². The number of rotatable bonds is 7. The van der Waals surface area contributed by atoms with Crippen molar-refractivity contribution in [2.24, 2.45) is 5.10 Å². The van der Waals surface area contributed by atoms with Crippen molar-refractivity contribution in [2.45, 2.75) is 0 Å². The van der Waals surface area contributed by atoms with E-state index in [2.05, 4.69) is 15.8 Å². The van der Waals surface area contributed by atoms with E-state index in [0.717, 1.165) is 0 Å². The molecule has 9 nitrogen and oxygen atoms in total. The molecule has 0 aliphatic heterocycles. The number of nitrogens with zero attached hydrogens (tertiary/aromatic N) is 1. The van der Waals surface area contributed by atoms with Crippen molar-refractivity contribution in [3.05, 3.63) is 82.9 Å². The lowest BCUT2D eigenvalue weighted by Gasteiger charge is -2.10. The Hall–Kier alpha value is -4.37. The molecule has 0 fully saturated rings. The average molecular weight is 482 g/mol. The Kier molecular flexibility index (Phi) is 8.20. The molecule has 0 bridgehead atoms. The molecule has 0 aliphatic carbocycles. The first-order valence-electron chi connectivity index (χ1n) is 9.84. The molecule has 3 rings (SSSR count). The summed E-state index contributed by atoms with van der Waals surface area (Å²) in [5.74, 6) is -1.51. The molecule has 0 aromatic heterocycles. The zero-order valence-electron chi connectivity index (χ0n) is 18.2. The van der Waals surface area contributed by atoms with Crippen LogP contribution in [0.3, 0.4) is 0 Å². The summed E-state index contributed by atoms with van der Waals surface area (Å²) in [6.07, 6.45) is 1.30. The first kappa shape index (κ1) is 24.3. The minimum absolute atomic E-state index is 0.190. The van der Waals surface area contributed by atoms with E-state index in [-0.39, 0.29) is 11.5 Å². The number of amides is 2. The first-order valence-corrected chi connectivity index (χ1v) is 10.2. The summed E-state index contributed by atoms with van der Waals surface area (Å²) in [7, 11) is 2.92. The Balaban J connectivity index is 1.62. The maximum Gasteiger partial charge on any atom is 0.343 e. The van der Waals surface area contributed by atoms with E-state index in [1.165, 1.54) is 26.5 Å². The lowest BCUT2D eigenvalue weighted by Crippen LogP contribution is -2.32. The molecule has 10 heteroatoms. The van der Waals surface area contributed by atoms with Gasteiger partial charge >= 0.3 is 17.8 Å². The topological polar surface area (TPSA) is 115 Å². The third-order valence-electron chi connectivity index (χ3n) is 4.40. The fraction of sp³-hybridized carbons (Fsp3) is 0.0833. The molecule has 0 saturated heterocycles. The number of methoxy groups -OCH3 is 2. The van der Waals surface area contributed by atoms with Crippen LogP contribution in [0.25, 0.3) is 0 Å². The molecule has 3 aromatic rings. The van der Waals surface area contributed by atoms with Crippen LogP contribution in [0.5, 0.6) is 17.2 Å². The van der Waals surface area contributed by atoms with E-state index >= 15 is 0 Å². The second kappa shape index (κ2) is 11.5. The number of carbonyl (C=O) groups excluding carboxylic acids is 3. The van der Waals surface area contributed by atoms with Crippen LogP contribution in [0, 0.1) is 0 Å². The molecule has 3 aromatic carbocycles. The van der Waals surface area contributed by atoms with E-state index in [0.29, 0.717) is 27.6 Å². The number of esters is 1. The highest BCUT2D eigenvalue weighted by molar-refractivity contribution is 6.41. The minimum atomic E-state index is -0.980. The molecule has 0 unspecified atom stereocenters. The minimum Gasteiger partial charge on any atom is -0.497 e. The van der Waals surface area contributed by atoms with Crippen molar-refractivity contribution in [3.8, 4) is 17.2 Å². The Morgan fingerprint density at radius 2 is 1.68 bits per heavy atom. The monoisotopic (exact) mass is 481 g/mol. The van der Waals surface area contributed by atoms with Crippen molar-refractivity contribution >= 4 is 41.3 Å². The second-order valence-corrected chi connectivity index (χ2v) is 7.07. The van der Waals surface area contributed by atoms with Crippen molar-refractivity contribution in [2.75, 3.05) is 19.5 Å². The Bertz CT molecular complexity index is 1240. The van der Waals surface area contributed by atoms with Gasteiger partial charge in [-0.25, -0.2) is 10.2 Å². The standard InChI is InChI=1S/C24H20ClN3O6/c1-32-17-7-5-6-16(13-17)24(31)34-20-11-10-15(12-21(20)33-2)14-26-28-23(30)22(29)27-19-9-4-3-8-18(19)25/h3-14H,1-2H3,(H,27,29)(H,28,30)/b26-14+. The van der Waals surface area contributed by atoms with Crippen molar-refractivity contribution in [1.82, 2.24) is 5.43 Å². The molecule has 0 saturated carbocycles. The highest BCUT2D eigenvalue weighted by Gasteiger charge is 2.15. The molecule has 0 spiro atoms. The number of hydrogen-bond donors (Lipinski definition) is 2. The van der Waals surface area contributed by atoms with Crippen LogP contribution in [0.15, 0.2) is 71.8 Å². The van der Waals surface area contributed by atoms with Crippen molar-refractivity contribution in [1.29, 1.82) is 0 Å². The van der Waals surface area contributed by atoms with E-state index in [4.69, 9.17) is 25.8 Å². The molecule has 0 radical (unpaired) electrons. The van der Waals surface area contributed by atoms with Gasteiger partial charge in [-0.3, -0.25) is 9.59 Å². The quantitative estimate of drug-likeness (QED) is 0.175. The van der Waals surface area contributed by atoms with Gasteiger partial charge in [0.25, 0.3) is 0 Å². The Labute approximate surface area is 200 Å². The number of benzene rings is 3. The summed E-state index contributed by atoms with van der Waals surface area (Å²) in [6.45, 7) is 0. The van der Waals surface area contributed by atoms with Gasteiger partial charge in [-0.1, -0.05) is 29.8 Å². The summed E-state index contributed by atoms with van der Waals surface area (Å²) < 4.78 is 15.8. The van der Waals surface area contributed by atoms with Gasteiger partial charge in [-0.05, 0) is 54.1 Å². The summed E-state index contributed by atoms with van der Waals surface area (Å²) in [6, 6.07) is 17.7. The molecule has 34 heavy (non-hydrogen) atoms. The molecule has 2 amide bonds. The SMILES string of the molecule is COc1cccc(C(=O)Oc2ccc(/C=N/NC(=O)C(=O)Nc3ccccc3Cl)cc2OC)c1. The lowest BCUT2D eigenvalue weighted by molar-refractivity contribution is -0.136. The summed E-state index contributed by atoms with van der Waals surface area (Å²) in [5.41, 5.74) is 3.26. The number of ether oxygens (including phenoxy) is 3. The number of halogens is 1. The number of anilines is 1. The summed E-state index contributed by atoms with van der Waals surface area (Å²) in [5, 5.41) is 6.45. The summed E-state index contributed by atoms with van der Waals surface area (Å²) >= 11 is 5.95. The highest BCUT2D eigenvalue weighted by Crippen LogP contribution is 2.28. The maximum atomic E-state index is 12.4. The number of carbonyl (C=O) groups is 3. The molecule has 0 aliphatic rings. The fourth-order valence-corrected chi connectivity index (χ4v) is 2.90. The van der Waals surface area contributed by atoms with Gasteiger partial charge in [0.2, 0.25) is 0 Å². The zero-order chi connectivity index (χ0) is 24.5. The molecule has 2 N–H and O–H groups in total. The van der Waals surface area contributed by atoms with Crippen molar-refractivity contribution in [3.63, 3.8) is 0 Å². The van der Waals surface area contributed by atoms with Gasteiger partial charge < -0.3 is 19.5 Å². The van der Waals surface area contributed by atoms with Crippen LogP contribution >= 0.6 is 11.6 Å². The smallest absolute Gasteiger partial charge is 0.343 e. The number of nitrogens with one attached hydrogen (secondary N) is 2. The van der Waals surface area contributed by atoms with Gasteiger partial charge in [0.1, 0.15) is 5.75 Å². The van der Waals surface area contributed by atoms with E-state index in [9.17, 15) is 14.4 Å². The summed E-state index contributed by atoms with van der Waals surface area (Å²) in [4.78, 5) is 36.4. The number of hydrogen-bond acceptors (Lipinski definition) is 7. The Morgan fingerprint density at radius 3 is 2.41 bits per heavy atom. The predicted octanol–water partition coefficient (Wildman–Crippen LogP) is 3.67. The maximum absolute atomic E-state index is 12.4. The third kappa shape index (κ3) is 6.33. The molecular weight excluding hydrogens is 462 g/mol. The molecule has 0 atom stereocenters. The van der Waals surface area contributed by atoms with Gasteiger partial charge in [0.05, 0.1) is 36.7 Å². The second-order valence-electron chi connectivity index (χ2n) is 6.66. The van der Waals surface area contributed by atoms with Crippen LogP contribution in [0.4, 0.5) is 5.69 Å². The van der Waals surface area contributed by atoms with Crippen molar-refractivity contribution < 1.29 is 28.6 Å². The molecular formula is C24H20ClN3O6. The van der Waals surface area contributed by atoms with Crippen LogP contribution in [0.1, 0.15) is 15.9 Å². The fourth-order valence-electron chi connectivity index (χ4n) is 2.72. The zero-order valence-corrected chi connectivity index (χ0v) is 19.0. The molecule has 174 valence electrons. The van der Waals surface area contributed by atoms with E-state index in [1.54, 1.807) is 60.7 Å². The largest absolute Gasteiger partial charge is 0.497 e. The van der Waals surface area contributed by atoms with Crippen LogP contribution in [0.2, 0.25) is 5.02 Å². The number of hydrazone groups is 1. The van der Waals surface area contributed by atoms with Gasteiger partial charge in [0, 0.05) is 0 Å². The highest BCUT2D eigenvalue weighted by atomic mass is 35.5. The van der Waals surface area contributed by atoms with Gasteiger partial charge in [0.15, 0.2) is 11.5 Å². The predicted molar refractivity (Wildman–Crippen MR) is 127 cm³/mol. The normalized spacial score (nSPS) is 10.4. The average Bonchev–Trinajstić information content (AvgIpc) is 2.86. The Morgan fingerprint density at radius 1 is 0.882 bits per heavy atom. The van der Waals surface area contributed by atoms with E-state index < -0.39 is 17.8 Å². The van der Waals surface area contributed by atoms with Gasteiger partial charge in [-0.15, -0.1) is 0 Å².